The highest BCUT2D eigenvalue weighted by molar-refractivity contribution is 7.22. The molecular weight excluding hydrogens is 224 g/mol. The lowest BCUT2D eigenvalue weighted by Crippen LogP contribution is -2.00. The number of carboxylic acid groups (broad SMARTS) is 1. The molecule has 0 saturated carbocycles. The molecule has 0 spiro atoms. The molecular formula is C11H12N2O2S. The van der Waals surface area contributed by atoms with E-state index in [4.69, 9.17) is 10.8 Å². The van der Waals surface area contributed by atoms with Crippen LogP contribution in [0.3, 0.4) is 0 Å². The SMILES string of the molecule is CCc1cc(CC(=O)O)cc2sc(N)nc12. The van der Waals surface area contributed by atoms with Crippen molar-refractivity contribution in [2.75, 3.05) is 5.73 Å². The van der Waals surface area contributed by atoms with Crippen molar-refractivity contribution in [2.24, 2.45) is 0 Å². The number of aromatic nitrogens is 1. The zero-order valence-corrected chi connectivity index (χ0v) is 9.67. The largest absolute Gasteiger partial charge is 0.481 e. The third kappa shape index (κ3) is 1.99. The first-order valence-corrected chi connectivity index (χ1v) is 5.81. The maximum atomic E-state index is 10.7. The molecule has 0 atom stereocenters. The first-order valence-electron chi connectivity index (χ1n) is 4.99. The number of carboxylic acids is 1. The van der Waals surface area contributed by atoms with Crippen molar-refractivity contribution in [2.45, 2.75) is 19.8 Å². The normalized spacial score (nSPS) is 10.8. The van der Waals surface area contributed by atoms with Crippen molar-refractivity contribution in [1.82, 2.24) is 4.98 Å². The fraction of sp³-hybridized carbons (Fsp3) is 0.273. The number of nitrogens with zero attached hydrogens (tertiary/aromatic N) is 1. The second-order valence-corrected chi connectivity index (χ2v) is 4.64. The van der Waals surface area contributed by atoms with Gasteiger partial charge in [0, 0.05) is 0 Å². The van der Waals surface area contributed by atoms with Crippen LogP contribution in [0.15, 0.2) is 12.1 Å². The van der Waals surface area contributed by atoms with Gasteiger partial charge in [0.25, 0.3) is 0 Å². The summed E-state index contributed by atoms with van der Waals surface area (Å²) < 4.78 is 0.966. The van der Waals surface area contributed by atoms with E-state index in [2.05, 4.69) is 4.98 Å². The van der Waals surface area contributed by atoms with Crippen LogP contribution in [-0.4, -0.2) is 16.1 Å². The Kier molecular flexibility index (Phi) is 2.78. The summed E-state index contributed by atoms with van der Waals surface area (Å²) in [5.74, 6) is -0.820. The molecule has 0 unspecified atom stereocenters. The van der Waals surface area contributed by atoms with Crippen LogP contribution >= 0.6 is 11.3 Å². The number of benzene rings is 1. The molecule has 0 fully saturated rings. The Morgan fingerprint density at radius 2 is 2.31 bits per heavy atom. The number of anilines is 1. The Morgan fingerprint density at radius 1 is 1.56 bits per heavy atom. The number of hydrogen-bond donors (Lipinski definition) is 2. The molecule has 1 heterocycles. The maximum Gasteiger partial charge on any atom is 0.307 e. The van der Waals surface area contributed by atoms with Gasteiger partial charge < -0.3 is 10.8 Å². The van der Waals surface area contributed by atoms with E-state index in [1.165, 1.54) is 11.3 Å². The van der Waals surface area contributed by atoms with Crippen LogP contribution in [0.4, 0.5) is 5.13 Å². The number of rotatable bonds is 3. The summed E-state index contributed by atoms with van der Waals surface area (Å²) in [7, 11) is 0. The fourth-order valence-corrected chi connectivity index (χ4v) is 2.57. The monoisotopic (exact) mass is 236 g/mol. The van der Waals surface area contributed by atoms with Gasteiger partial charge in [-0.25, -0.2) is 4.98 Å². The van der Waals surface area contributed by atoms with Crippen molar-refractivity contribution in [3.8, 4) is 0 Å². The predicted octanol–water partition coefficient (Wildman–Crippen LogP) is 2.07. The number of nitrogens with two attached hydrogens (primary N) is 1. The highest BCUT2D eigenvalue weighted by atomic mass is 32.1. The van der Waals surface area contributed by atoms with Gasteiger partial charge in [-0.2, -0.15) is 0 Å². The zero-order chi connectivity index (χ0) is 11.7. The molecule has 0 aliphatic heterocycles. The molecule has 1 aromatic carbocycles. The van der Waals surface area contributed by atoms with E-state index in [1.54, 1.807) is 0 Å². The van der Waals surface area contributed by atoms with E-state index in [-0.39, 0.29) is 6.42 Å². The molecule has 3 N–H and O–H groups in total. The number of fused-ring (bicyclic) bond motifs is 1. The van der Waals surface area contributed by atoms with Gasteiger partial charge in [-0.1, -0.05) is 24.3 Å². The third-order valence-electron chi connectivity index (χ3n) is 2.39. The summed E-state index contributed by atoms with van der Waals surface area (Å²) in [5, 5.41) is 9.30. The van der Waals surface area contributed by atoms with Crippen molar-refractivity contribution in [1.29, 1.82) is 0 Å². The average molecular weight is 236 g/mol. The van der Waals surface area contributed by atoms with Crippen LogP contribution in [0.25, 0.3) is 10.2 Å². The van der Waals surface area contributed by atoms with Crippen molar-refractivity contribution >= 4 is 32.7 Å². The molecule has 0 saturated heterocycles. The fourth-order valence-electron chi connectivity index (χ4n) is 1.73. The van der Waals surface area contributed by atoms with Crippen molar-refractivity contribution < 1.29 is 9.90 Å². The Balaban J connectivity index is 2.57. The number of aliphatic carboxylic acids is 1. The number of nitrogen functional groups attached to an aromatic ring is 1. The Morgan fingerprint density at radius 3 is 2.94 bits per heavy atom. The lowest BCUT2D eigenvalue weighted by molar-refractivity contribution is -0.136. The molecule has 4 nitrogen and oxygen atoms in total. The molecule has 84 valence electrons. The van der Waals surface area contributed by atoms with Gasteiger partial charge in [-0.05, 0) is 23.6 Å². The van der Waals surface area contributed by atoms with Crippen LogP contribution in [-0.2, 0) is 17.6 Å². The zero-order valence-electron chi connectivity index (χ0n) is 8.86. The van der Waals surface area contributed by atoms with E-state index < -0.39 is 5.97 Å². The van der Waals surface area contributed by atoms with Crippen molar-refractivity contribution in [3.63, 3.8) is 0 Å². The standard InChI is InChI=1S/C11H12N2O2S/c1-2-7-3-6(5-9(14)15)4-8-10(7)13-11(12)16-8/h3-4H,2,5H2,1H3,(H2,12,13)(H,14,15). The molecule has 1 aromatic heterocycles. The van der Waals surface area contributed by atoms with Gasteiger partial charge in [0.1, 0.15) is 0 Å². The number of aryl methyl sites for hydroxylation is 1. The topological polar surface area (TPSA) is 76.2 Å². The summed E-state index contributed by atoms with van der Waals surface area (Å²) in [6.45, 7) is 2.02. The van der Waals surface area contributed by atoms with E-state index in [0.717, 1.165) is 27.8 Å². The second kappa shape index (κ2) is 4.09. The smallest absolute Gasteiger partial charge is 0.307 e. The van der Waals surface area contributed by atoms with Crippen LogP contribution in [0.5, 0.6) is 0 Å². The maximum absolute atomic E-state index is 10.7. The van der Waals surface area contributed by atoms with Gasteiger partial charge >= 0.3 is 5.97 Å². The number of carbonyl (C=O) groups is 1. The van der Waals surface area contributed by atoms with Gasteiger partial charge in [-0.15, -0.1) is 0 Å². The minimum absolute atomic E-state index is 0.0424. The lowest BCUT2D eigenvalue weighted by Gasteiger charge is -2.02. The molecule has 0 amide bonds. The minimum atomic E-state index is -0.820. The van der Waals surface area contributed by atoms with Gasteiger partial charge in [-0.3, -0.25) is 4.79 Å². The Bertz CT molecular complexity index is 548. The van der Waals surface area contributed by atoms with Crippen LogP contribution in [0.2, 0.25) is 0 Å². The molecule has 0 aliphatic carbocycles. The Hall–Kier alpha value is -1.62. The van der Waals surface area contributed by atoms with Crippen LogP contribution in [0.1, 0.15) is 18.1 Å². The summed E-state index contributed by atoms with van der Waals surface area (Å²) >= 11 is 1.40. The second-order valence-electron chi connectivity index (χ2n) is 3.58. The molecule has 0 radical (unpaired) electrons. The first kappa shape index (κ1) is 10.9. The summed E-state index contributed by atoms with van der Waals surface area (Å²) in [6.07, 6.45) is 0.869. The highest BCUT2D eigenvalue weighted by Gasteiger charge is 2.09. The average Bonchev–Trinajstić information content (AvgIpc) is 2.56. The van der Waals surface area contributed by atoms with E-state index in [0.29, 0.717) is 5.13 Å². The van der Waals surface area contributed by atoms with E-state index in [9.17, 15) is 4.79 Å². The summed E-state index contributed by atoms with van der Waals surface area (Å²) in [4.78, 5) is 14.9. The molecule has 16 heavy (non-hydrogen) atoms. The number of thiazole rings is 1. The minimum Gasteiger partial charge on any atom is -0.481 e. The quantitative estimate of drug-likeness (QED) is 0.855. The summed E-state index contributed by atoms with van der Waals surface area (Å²) in [5.41, 5.74) is 8.42. The van der Waals surface area contributed by atoms with E-state index in [1.807, 2.05) is 19.1 Å². The number of hydrogen-bond acceptors (Lipinski definition) is 4. The van der Waals surface area contributed by atoms with Gasteiger partial charge in [0.15, 0.2) is 5.13 Å². The van der Waals surface area contributed by atoms with Crippen molar-refractivity contribution in [3.05, 3.63) is 23.3 Å². The Labute approximate surface area is 96.7 Å². The first-order chi connectivity index (χ1) is 7.60. The highest BCUT2D eigenvalue weighted by Crippen LogP contribution is 2.28. The molecule has 0 bridgehead atoms. The summed E-state index contributed by atoms with van der Waals surface area (Å²) in [6, 6.07) is 3.76. The lowest BCUT2D eigenvalue weighted by atomic mass is 10.1. The van der Waals surface area contributed by atoms with Gasteiger partial charge in [0.05, 0.1) is 16.6 Å². The van der Waals surface area contributed by atoms with Crippen LogP contribution < -0.4 is 5.73 Å². The molecule has 2 rings (SSSR count). The molecule has 2 aromatic rings. The van der Waals surface area contributed by atoms with E-state index >= 15 is 0 Å². The van der Waals surface area contributed by atoms with Crippen LogP contribution in [0, 0.1) is 0 Å². The molecule has 0 aliphatic rings. The molecule has 5 heteroatoms. The third-order valence-corrected chi connectivity index (χ3v) is 3.22. The predicted molar refractivity (Wildman–Crippen MR) is 64.8 cm³/mol. The van der Waals surface area contributed by atoms with Gasteiger partial charge in [0.2, 0.25) is 0 Å².